The molecule has 0 aliphatic heterocycles. The summed E-state index contributed by atoms with van der Waals surface area (Å²) in [7, 11) is 2.90. The highest BCUT2D eigenvalue weighted by Crippen LogP contribution is 2.30. The molecule has 1 amide bonds. The van der Waals surface area contributed by atoms with Gasteiger partial charge in [0.05, 0.1) is 19.9 Å². The summed E-state index contributed by atoms with van der Waals surface area (Å²) in [6.07, 6.45) is 0. The number of carbonyl (C=O) groups is 1. The van der Waals surface area contributed by atoms with Crippen LogP contribution in [0.25, 0.3) is 5.69 Å². The van der Waals surface area contributed by atoms with E-state index in [0.717, 1.165) is 4.57 Å². The molecule has 0 unspecified atom stereocenters. The number of aromatic hydroxyl groups is 1. The van der Waals surface area contributed by atoms with Gasteiger partial charge in [-0.2, -0.15) is 0 Å². The molecule has 7 nitrogen and oxygen atoms in total. The maximum Gasteiger partial charge on any atom is 0.258 e. The lowest BCUT2D eigenvalue weighted by molar-refractivity contribution is 0.0996. The van der Waals surface area contributed by atoms with Crippen molar-refractivity contribution in [3.8, 4) is 23.1 Å². The first kappa shape index (κ1) is 15.4. The zero-order valence-corrected chi connectivity index (χ0v) is 12.4. The Kier molecular flexibility index (Phi) is 4.07. The van der Waals surface area contributed by atoms with Gasteiger partial charge >= 0.3 is 0 Å². The lowest BCUT2D eigenvalue weighted by Crippen LogP contribution is -2.24. The van der Waals surface area contributed by atoms with Gasteiger partial charge in [0.2, 0.25) is 5.88 Å². The predicted octanol–water partition coefficient (Wildman–Crippen LogP) is 0.968. The van der Waals surface area contributed by atoms with E-state index in [0.29, 0.717) is 17.1 Å². The number of rotatable bonds is 4. The summed E-state index contributed by atoms with van der Waals surface area (Å²) < 4.78 is 11.3. The minimum atomic E-state index is -0.828. The monoisotopic (exact) mass is 304 g/mol. The zero-order valence-electron chi connectivity index (χ0n) is 12.4. The van der Waals surface area contributed by atoms with Crippen molar-refractivity contribution in [2.75, 3.05) is 14.2 Å². The Morgan fingerprint density at radius 2 is 1.91 bits per heavy atom. The summed E-state index contributed by atoms with van der Waals surface area (Å²) >= 11 is 0. The molecule has 7 heteroatoms. The maximum atomic E-state index is 12.3. The molecule has 0 atom stereocenters. The maximum absolute atomic E-state index is 12.3. The van der Waals surface area contributed by atoms with Crippen LogP contribution < -0.4 is 20.8 Å². The first-order valence-corrected chi connectivity index (χ1v) is 6.38. The van der Waals surface area contributed by atoms with Crippen LogP contribution in [0.4, 0.5) is 0 Å². The van der Waals surface area contributed by atoms with Crippen molar-refractivity contribution in [3.63, 3.8) is 0 Å². The summed E-state index contributed by atoms with van der Waals surface area (Å²) in [6, 6.07) is 5.97. The SMILES string of the molecule is COc1ccc(OC)c(-n2c(O)c(C(N)=O)c(C)cc2=O)c1. The molecule has 1 heterocycles. The van der Waals surface area contributed by atoms with Crippen LogP contribution in [0.5, 0.6) is 17.4 Å². The third-order valence-electron chi connectivity index (χ3n) is 3.26. The number of ether oxygens (including phenoxy) is 2. The second-order valence-corrected chi connectivity index (χ2v) is 4.60. The lowest BCUT2D eigenvalue weighted by Gasteiger charge is -2.16. The molecule has 0 spiro atoms. The number of aryl methyl sites for hydroxylation is 1. The predicted molar refractivity (Wildman–Crippen MR) is 80.1 cm³/mol. The largest absolute Gasteiger partial charge is 0.497 e. The molecule has 0 aliphatic rings. The fourth-order valence-electron chi connectivity index (χ4n) is 2.22. The number of carbonyl (C=O) groups excluding carboxylic acids is 1. The Balaban J connectivity index is 2.86. The first-order valence-electron chi connectivity index (χ1n) is 6.38. The summed E-state index contributed by atoms with van der Waals surface area (Å²) in [5, 5.41) is 10.3. The fourth-order valence-corrected chi connectivity index (χ4v) is 2.22. The van der Waals surface area contributed by atoms with E-state index < -0.39 is 17.3 Å². The minimum Gasteiger partial charge on any atom is -0.497 e. The van der Waals surface area contributed by atoms with Crippen LogP contribution >= 0.6 is 0 Å². The van der Waals surface area contributed by atoms with E-state index in [1.165, 1.54) is 33.3 Å². The van der Waals surface area contributed by atoms with Gasteiger partial charge in [0, 0.05) is 12.1 Å². The van der Waals surface area contributed by atoms with Gasteiger partial charge in [0.15, 0.2) is 0 Å². The first-order chi connectivity index (χ1) is 10.4. The van der Waals surface area contributed by atoms with E-state index in [4.69, 9.17) is 15.2 Å². The van der Waals surface area contributed by atoms with E-state index in [2.05, 4.69) is 0 Å². The van der Waals surface area contributed by atoms with E-state index in [9.17, 15) is 14.7 Å². The van der Waals surface area contributed by atoms with Crippen molar-refractivity contribution in [2.45, 2.75) is 6.92 Å². The minimum absolute atomic E-state index is 0.121. The number of amides is 1. The van der Waals surface area contributed by atoms with E-state index >= 15 is 0 Å². The van der Waals surface area contributed by atoms with Crippen molar-refractivity contribution >= 4 is 5.91 Å². The molecule has 3 N–H and O–H groups in total. The smallest absolute Gasteiger partial charge is 0.258 e. The average molecular weight is 304 g/mol. The highest BCUT2D eigenvalue weighted by Gasteiger charge is 2.20. The molecule has 116 valence electrons. The number of pyridine rings is 1. The van der Waals surface area contributed by atoms with Crippen molar-refractivity contribution in [1.82, 2.24) is 4.57 Å². The lowest BCUT2D eigenvalue weighted by atomic mass is 10.1. The van der Waals surface area contributed by atoms with Crippen LogP contribution in [0.2, 0.25) is 0 Å². The molecule has 22 heavy (non-hydrogen) atoms. The summed E-state index contributed by atoms with van der Waals surface area (Å²) in [5.74, 6) is -0.574. The third kappa shape index (κ3) is 2.48. The number of methoxy groups -OCH3 is 2. The topological polar surface area (TPSA) is 104 Å². The van der Waals surface area contributed by atoms with Crippen molar-refractivity contribution in [1.29, 1.82) is 0 Å². The molecule has 0 radical (unpaired) electrons. The van der Waals surface area contributed by atoms with Crippen LogP contribution in [0.3, 0.4) is 0 Å². The summed E-state index contributed by atoms with van der Waals surface area (Å²) in [6.45, 7) is 1.52. The van der Waals surface area contributed by atoms with Gasteiger partial charge in [0.1, 0.15) is 17.1 Å². The molecular formula is C15H16N2O5. The molecule has 2 rings (SSSR count). The van der Waals surface area contributed by atoms with Gasteiger partial charge in [-0.1, -0.05) is 0 Å². The Morgan fingerprint density at radius 1 is 1.23 bits per heavy atom. The van der Waals surface area contributed by atoms with Gasteiger partial charge in [-0.05, 0) is 24.6 Å². The molecule has 2 aromatic rings. The normalized spacial score (nSPS) is 10.3. The highest BCUT2D eigenvalue weighted by atomic mass is 16.5. The Morgan fingerprint density at radius 3 is 2.45 bits per heavy atom. The zero-order chi connectivity index (χ0) is 16.4. The number of aromatic nitrogens is 1. The van der Waals surface area contributed by atoms with Crippen LogP contribution in [0.15, 0.2) is 29.1 Å². The fraction of sp³-hybridized carbons (Fsp3) is 0.200. The van der Waals surface area contributed by atoms with Crippen molar-refractivity contribution < 1.29 is 19.4 Å². The van der Waals surface area contributed by atoms with Crippen LogP contribution in [-0.2, 0) is 0 Å². The molecule has 0 bridgehead atoms. The van der Waals surface area contributed by atoms with Gasteiger partial charge in [0.25, 0.3) is 11.5 Å². The number of nitrogens with two attached hydrogens (primary N) is 1. The van der Waals surface area contributed by atoms with Gasteiger partial charge in [-0.3, -0.25) is 9.59 Å². The van der Waals surface area contributed by atoms with E-state index in [1.54, 1.807) is 12.1 Å². The second-order valence-electron chi connectivity index (χ2n) is 4.60. The molecule has 0 saturated heterocycles. The van der Waals surface area contributed by atoms with E-state index in [1.807, 2.05) is 0 Å². The number of hydrogen-bond donors (Lipinski definition) is 2. The average Bonchev–Trinajstić information content (AvgIpc) is 2.46. The Hall–Kier alpha value is -2.96. The molecule has 1 aromatic carbocycles. The standard InChI is InChI=1S/C15H16N2O5/c1-8-6-12(18)17(15(20)13(8)14(16)19)10-7-9(21-2)4-5-11(10)22-3/h4-7,20H,1-3H3,(H2,16,19). The van der Waals surface area contributed by atoms with E-state index in [-0.39, 0.29) is 11.3 Å². The second kappa shape index (κ2) is 5.80. The van der Waals surface area contributed by atoms with Crippen LogP contribution in [0, 0.1) is 6.92 Å². The summed E-state index contributed by atoms with van der Waals surface area (Å²) in [4.78, 5) is 23.8. The number of hydrogen-bond acceptors (Lipinski definition) is 5. The highest BCUT2D eigenvalue weighted by molar-refractivity contribution is 5.96. The Labute approximate surface area is 126 Å². The van der Waals surface area contributed by atoms with Crippen LogP contribution in [-0.4, -0.2) is 29.8 Å². The number of nitrogens with zero attached hydrogens (tertiary/aromatic N) is 1. The number of benzene rings is 1. The summed E-state index contributed by atoms with van der Waals surface area (Å²) in [5.41, 5.74) is 5.17. The molecule has 0 aliphatic carbocycles. The molecule has 1 aromatic heterocycles. The van der Waals surface area contributed by atoms with Gasteiger partial charge in [-0.25, -0.2) is 4.57 Å². The molecule has 0 saturated carbocycles. The van der Waals surface area contributed by atoms with Gasteiger partial charge < -0.3 is 20.3 Å². The van der Waals surface area contributed by atoms with Crippen LogP contribution in [0.1, 0.15) is 15.9 Å². The molecule has 0 fully saturated rings. The Bertz CT molecular complexity index is 795. The number of primary amides is 1. The third-order valence-corrected chi connectivity index (χ3v) is 3.26. The van der Waals surface area contributed by atoms with Gasteiger partial charge in [-0.15, -0.1) is 0 Å². The quantitative estimate of drug-likeness (QED) is 0.876. The van der Waals surface area contributed by atoms with Crippen molar-refractivity contribution in [3.05, 3.63) is 45.7 Å². The van der Waals surface area contributed by atoms with Crippen molar-refractivity contribution in [2.24, 2.45) is 5.73 Å². The molecular weight excluding hydrogens is 288 g/mol.